The summed E-state index contributed by atoms with van der Waals surface area (Å²) in [5, 5.41) is 13.1. The molecule has 0 atom stereocenters. The van der Waals surface area contributed by atoms with Crippen molar-refractivity contribution in [2.24, 2.45) is 0 Å². The second-order valence-corrected chi connectivity index (χ2v) is 6.93. The molecular weight excluding hydrogens is 360 g/mol. The number of ether oxygens (including phenoxy) is 1. The molecule has 1 N–H and O–H groups in total. The predicted molar refractivity (Wildman–Crippen MR) is 104 cm³/mol. The Kier molecular flexibility index (Phi) is 7.00. The first-order chi connectivity index (χ1) is 13.6. The van der Waals surface area contributed by atoms with Gasteiger partial charge >= 0.3 is 5.97 Å². The number of likely N-dealkylation sites (tertiary alicyclic amines) is 1. The largest absolute Gasteiger partial charge is 0.494 e. The number of carboxylic acids is 1. The molecule has 1 fully saturated rings. The Morgan fingerprint density at radius 1 is 1.29 bits per heavy atom. The minimum Gasteiger partial charge on any atom is -0.494 e. The fraction of sp³-hybridized carbons (Fsp3) is 0.550. The second kappa shape index (κ2) is 9.66. The van der Waals surface area contributed by atoms with Gasteiger partial charge in [-0.3, -0.25) is 14.6 Å². The molecule has 1 aromatic heterocycles. The molecule has 0 amide bonds. The van der Waals surface area contributed by atoms with E-state index < -0.39 is 5.97 Å². The van der Waals surface area contributed by atoms with Gasteiger partial charge < -0.3 is 14.4 Å². The van der Waals surface area contributed by atoms with Gasteiger partial charge in [0.15, 0.2) is 0 Å². The average molecular weight is 388 g/mol. The van der Waals surface area contributed by atoms with E-state index in [0.29, 0.717) is 30.9 Å². The molecule has 0 saturated carbocycles. The van der Waals surface area contributed by atoms with Crippen molar-refractivity contribution in [3.63, 3.8) is 0 Å². The van der Waals surface area contributed by atoms with Gasteiger partial charge in [0.25, 0.3) is 0 Å². The topological polar surface area (TPSA) is 91.9 Å². The Balaban J connectivity index is 1.52. The minimum atomic E-state index is -0.767. The Morgan fingerprint density at radius 3 is 2.61 bits per heavy atom. The molecule has 8 heteroatoms. The van der Waals surface area contributed by atoms with E-state index in [1.807, 2.05) is 43.0 Å². The molecule has 2 heterocycles. The quantitative estimate of drug-likeness (QED) is 0.701. The molecule has 0 aliphatic carbocycles. The molecule has 1 saturated heterocycles. The van der Waals surface area contributed by atoms with E-state index in [0.717, 1.165) is 43.8 Å². The van der Waals surface area contributed by atoms with Gasteiger partial charge in [0.1, 0.15) is 5.75 Å². The van der Waals surface area contributed by atoms with Gasteiger partial charge in [0.2, 0.25) is 11.7 Å². The van der Waals surface area contributed by atoms with Crippen molar-refractivity contribution in [1.29, 1.82) is 0 Å². The third kappa shape index (κ3) is 5.30. The van der Waals surface area contributed by atoms with E-state index in [-0.39, 0.29) is 6.54 Å². The highest BCUT2D eigenvalue weighted by molar-refractivity contribution is 5.69. The fourth-order valence-corrected chi connectivity index (χ4v) is 3.61. The highest BCUT2D eigenvalue weighted by Gasteiger charge is 2.26. The van der Waals surface area contributed by atoms with Crippen LogP contribution in [-0.2, 0) is 11.3 Å². The molecule has 28 heavy (non-hydrogen) atoms. The Morgan fingerprint density at radius 2 is 2.00 bits per heavy atom. The zero-order valence-electron chi connectivity index (χ0n) is 16.5. The van der Waals surface area contributed by atoms with E-state index in [1.165, 1.54) is 0 Å². The monoisotopic (exact) mass is 388 g/mol. The first-order valence-electron chi connectivity index (χ1n) is 9.83. The number of benzene rings is 1. The van der Waals surface area contributed by atoms with Gasteiger partial charge in [-0.05, 0) is 50.6 Å². The number of aliphatic carboxylic acids is 1. The maximum absolute atomic E-state index is 11.0. The van der Waals surface area contributed by atoms with E-state index >= 15 is 0 Å². The summed E-state index contributed by atoms with van der Waals surface area (Å²) in [6.45, 7) is 7.85. The van der Waals surface area contributed by atoms with Crippen LogP contribution >= 0.6 is 0 Å². The summed E-state index contributed by atoms with van der Waals surface area (Å²) in [7, 11) is 0. The van der Waals surface area contributed by atoms with Crippen LogP contribution in [0.15, 0.2) is 28.8 Å². The third-order valence-electron chi connectivity index (χ3n) is 5.07. The summed E-state index contributed by atoms with van der Waals surface area (Å²) in [5.74, 6) is 1.23. The second-order valence-electron chi connectivity index (χ2n) is 6.93. The van der Waals surface area contributed by atoms with Crippen molar-refractivity contribution >= 4 is 5.97 Å². The first-order valence-corrected chi connectivity index (χ1v) is 9.83. The Hall–Kier alpha value is -2.45. The van der Waals surface area contributed by atoms with Crippen LogP contribution in [-0.4, -0.2) is 69.8 Å². The van der Waals surface area contributed by atoms with Crippen LogP contribution in [0.2, 0.25) is 0 Å². The molecule has 8 nitrogen and oxygen atoms in total. The van der Waals surface area contributed by atoms with Crippen molar-refractivity contribution in [3.05, 3.63) is 30.2 Å². The Labute approximate surface area is 165 Å². The zero-order chi connectivity index (χ0) is 19.9. The lowest BCUT2D eigenvalue weighted by Crippen LogP contribution is -2.46. The number of nitrogens with zero attached hydrogens (tertiary/aromatic N) is 4. The molecule has 1 aliphatic rings. The van der Waals surface area contributed by atoms with Gasteiger partial charge in [-0.2, -0.15) is 4.98 Å². The van der Waals surface area contributed by atoms with Crippen molar-refractivity contribution < 1.29 is 19.2 Å². The van der Waals surface area contributed by atoms with Crippen molar-refractivity contribution in [1.82, 2.24) is 19.9 Å². The molecule has 1 aliphatic heterocycles. The highest BCUT2D eigenvalue weighted by Crippen LogP contribution is 2.22. The number of likely N-dealkylation sites (N-methyl/N-ethyl adjacent to an activating group) is 1. The molecule has 152 valence electrons. The van der Waals surface area contributed by atoms with Gasteiger partial charge in [0.05, 0.1) is 19.7 Å². The standard InChI is InChI=1S/C20H28N4O4/c1-3-24(14-19(25)26)16-9-11-23(12-10-16)13-18-21-20(22-28-18)15-5-7-17(8-6-15)27-4-2/h5-8,16H,3-4,9-14H2,1-2H3,(H,25,26). The average Bonchev–Trinajstić information content (AvgIpc) is 3.16. The van der Waals surface area contributed by atoms with Gasteiger partial charge in [-0.15, -0.1) is 0 Å². The SMILES string of the molecule is CCOc1ccc(-c2noc(CN3CCC(N(CC)CC(=O)O)CC3)n2)cc1. The number of aromatic nitrogens is 2. The Bertz CT molecular complexity index is 754. The molecule has 0 bridgehead atoms. The van der Waals surface area contributed by atoms with Crippen LogP contribution in [0, 0.1) is 0 Å². The predicted octanol–water partition coefficient (Wildman–Crippen LogP) is 2.51. The van der Waals surface area contributed by atoms with Gasteiger partial charge in [-0.25, -0.2) is 0 Å². The maximum Gasteiger partial charge on any atom is 0.317 e. The lowest BCUT2D eigenvalue weighted by atomic mass is 10.0. The molecule has 0 radical (unpaired) electrons. The first kappa shape index (κ1) is 20.3. The lowest BCUT2D eigenvalue weighted by molar-refractivity contribution is -0.139. The molecule has 1 aromatic carbocycles. The molecule has 2 aromatic rings. The van der Waals surface area contributed by atoms with Crippen LogP contribution in [0.1, 0.15) is 32.6 Å². The molecular formula is C20H28N4O4. The van der Waals surface area contributed by atoms with E-state index in [2.05, 4.69) is 15.0 Å². The minimum absolute atomic E-state index is 0.107. The summed E-state index contributed by atoms with van der Waals surface area (Å²) >= 11 is 0. The van der Waals surface area contributed by atoms with Crippen molar-refractivity contribution in [2.75, 3.05) is 32.8 Å². The van der Waals surface area contributed by atoms with E-state index in [9.17, 15) is 4.79 Å². The number of hydrogen-bond acceptors (Lipinski definition) is 7. The van der Waals surface area contributed by atoms with Gasteiger partial charge in [0, 0.05) is 24.7 Å². The van der Waals surface area contributed by atoms with E-state index in [1.54, 1.807) is 0 Å². The van der Waals surface area contributed by atoms with Crippen LogP contribution in [0.3, 0.4) is 0 Å². The van der Waals surface area contributed by atoms with Crippen LogP contribution in [0.5, 0.6) is 5.75 Å². The summed E-state index contributed by atoms with van der Waals surface area (Å²) in [6.07, 6.45) is 1.89. The summed E-state index contributed by atoms with van der Waals surface area (Å²) in [5.41, 5.74) is 0.893. The van der Waals surface area contributed by atoms with Crippen molar-refractivity contribution in [3.8, 4) is 17.1 Å². The van der Waals surface area contributed by atoms with Crippen molar-refractivity contribution in [2.45, 2.75) is 39.3 Å². The van der Waals surface area contributed by atoms with Crippen LogP contribution in [0.4, 0.5) is 0 Å². The summed E-state index contributed by atoms with van der Waals surface area (Å²) in [6, 6.07) is 7.96. The number of carboxylic acid groups (broad SMARTS) is 1. The molecule has 3 rings (SSSR count). The van der Waals surface area contributed by atoms with Gasteiger partial charge in [-0.1, -0.05) is 12.1 Å². The maximum atomic E-state index is 11.0. The van der Waals surface area contributed by atoms with Crippen LogP contribution in [0.25, 0.3) is 11.4 Å². The van der Waals surface area contributed by atoms with Crippen LogP contribution < -0.4 is 4.74 Å². The summed E-state index contributed by atoms with van der Waals surface area (Å²) in [4.78, 5) is 19.8. The smallest absolute Gasteiger partial charge is 0.317 e. The number of hydrogen-bond donors (Lipinski definition) is 1. The number of piperidine rings is 1. The third-order valence-corrected chi connectivity index (χ3v) is 5.07. The normalized spacial score (nSPS) is 15.8. The van der Waals surface area contributed by atoms with E-state index in [4.69, 9.17) is 14.4 Å². The highest BCUT2D eigenvalue weighted by atomic mass is 16.5. The zero-order valence-corrected chi connectivity index (χ0v) is 16.5. The summed E-state index contributed by atoms with van der Waals surface area (Å²) < 4.78 is 10.9. The number of rotatable bonds is 9. The number of carbonyl (C=O) groups is 1. The lowest BCUT2D eigenvalue weighted by Gasteiger charge is -2.36. The fourth-order valence-electron chi connectivity index (χ4n) is 3.61. The molecule has 0 spiro atoms. The molecule has 0 unspecified atom stereocenters.